The van der Waals surface area contributed by atoms with Crippen molar-refractivity contribution in [2.24, 2.45) is 0 Å². The minimum atomic E-state index is 0.659. The van der Waals surface area contributed by atoms with E-state index in [1.165, 1.54) is 59.3 Å². The maximum Gasteiger partial charge on any atom is 0.164 e. The van der Waals surface area contributed by atoms with Crippen molar-refractivity contribution in [3.05, 3.63) is 164 Å². The Morgan fingerprint density at radius 3 is 1.45 bits per heavy atom. The lowest BCUT2D eigenvalue weighted by Gasteiger charge is -2.14. The van der Waals surface area contributed by atoms with Gasteiger partial charge in [0.2, 0.25) is 0 Å². The largest absolute Gasteiger partial charge is 0.208 e. The minimum absolute atomic E-state index is 0.659. The van der Waals surface area contributed by atoms with Crippen molar-refractivity contribution in [2.45, 2.75) is 0 Å². The molecule has 7 aromatic carbocycles. The van der Waals surface area contributed by atoms with Crippen molar-refractivity contribution in [3.8, 4) is 78.0 Å². The van der Waals surface area contributed by atoms with E-state index in [0.717, 1.165) is 22.1 Å². The number of rotatable bonds is 4. The summed E-state index contributed by atoms with van der Waals surface area (Å²) >= 11 is 1.88. The van der Waals surface area contributed by atoms with Gasteiger partial charge in [0.25, 0.3) is 0 Å². The van der Waals surface area contributed by atoms with E-state index >= 15 is 0 Å². The molecule has 0 unspecified atom stereocenters. The van der Waals surface area contributed by atoms with Crippen LogP contribution in [0, 0.1) is 0 Å². The van der Waals surface area contributed by atoms with Gasteiger partial charge in [-0.3, -0.25) is 0 Å². The Balaban J connectivity index is 1.23. The maximum atomic E-state index is 5.09. The zero-order chi connectivity index (χ0) is 32.3. The van der Waals surface area contributed by atoms with Gasteiger partial charge in [-0.15, -0.1) is 11.3 Å². The molecule has 2 heterocycles. The van der Waals surface area contributed by atoms with Crippen LogP contribution in [0.2, 0.25) is 0 Å². The monoisotopic (exact) mass is 641 g/mol. The lowest BCUT2D eigenvalue weighted by molar-refractivity contribution is 1.08. The normalized spacial score (nSPS) is 11.7. The van der Waals surface area contributed by atoms with Crippen molar-refractivity contribution in [2.75, 3.05) is 0 Å². The van der Waals surface area contributed by atoms with Crippen LogP contribution in [0.3, 0.4) is 0 Å². The Kier molecular flexibility index (Phi) is 6.36. The van der Waals surface area contributed by atoms with Crippen molar-refractivity contribution >= 4 is 32.2 Å². The lowest BCUT2D eigenvalue weighted by atomic mass is 9.91. The first-order valence-corrected chi connectivity index (χ1v) is 17.3. The number of fused-ring (bicyclic) bond motifs is 6. The first-order valence-electron chi connectivity index (χ1n) is 16.5. The molecule has 0 radical (unpaired) electrons. The number of thiophene rings is 1. The first kappa shape index (κ1) is 27.8. The molecule has 10 rings (SSSR count). The fourth-order valence-electron chi connectivity index (χ4n) is 7.33. The summed E-state index contributed by atoms with van der Waals surface area (Å²) in [6.45, 7) is 0. The number of benzene rings is 7. The van der Waals surface area contributed by atoms with Crippen LogP contribution in [0.1, 0.15) is 0 Å². The SMILES string of the molecule is c1ccc(-c2nc(-c3ccccc3)nc(-c3ccc(-c4sc5cccc6c5c4-c4ccccc4-c4ccccc4-6)c4ccccc34)n2)cc1. The Morgan fingerprint density at radius 2 is 0.796 bits per heavy atom. The molecular weight excluding hydrogens is 615 g/mol. The second-order valence-electron chi connectivity index (χ2n) is 12.3. The minimum Gasteiger partial charge on any atom is -0.208 e. The summed E-state index contributed by atoms with van der Waals surface area (Å²) in [6.07, 6.45) is 0. The van der Waals surface area contributed by atoms with Crippen LogP contribution in [0.25, 0.3) is 98.8 Å². The first-order chi connectivity index (χ1) is 24.3. The van der Waals surface area contributed by atoms with Crippen LogP contribution >= 0.6 is 11.3 Å². The quantitative estimate of drug-likeness (QED) is 0.192. The molecule has 228 valence electrons. The zero-order valence-electron chi connectivity index (χ0n) is 26.3. The summed E-state index contributed by atoms with van der Waals surface area (Å²) in [4.78, 5) is 16.4. The Labute approximate surface area is 287 Å². The fraction of sp³-hybridized carbons (Fsp3) is 0. The van der Waals surface area contributed by atoms with Gasteiger partial charge < -0.3 is 0 Å². The molecule has 2 aromatic heterocycles. The molecular formula is C45H27N3S. The van der Waals surface area contributed by atoms with Crippen LogP contribution in [-0.4, -0.2) is 15.0 Å². The van der Waals surface area contributed by atoms with Gasteiger partial charge in [-0.1, -0.05) is 152 Å². The van der Waals surface area contributed by atoms with Crippen molar-refractivity contribution in [3.63, 3.8) is 0 Å². The van der Waals surface area contributed by atoms with E-state index in [9.17, 15) is 0 Å². The number of nitrogens with zero attached hydrogens (tertiary/aromatic N) is 3. The number of hydrogen-bond acceptors (Lipinski definition) is 4. The summed E-state index contributed by atoms with van der Waals surface area (Å²) in [7, 11) is 0. The fourth-order valence-corrected chi connectivity index (χ4v) is 8.61. The highest BCUT2D eigenvalue weighted by molar-refractivity contribution is 7.23. The highest BCUT2D eigenvalue weighted by Gasteiger charge is 2.27. The summed E-state index contributed by atoms with van der Waals surface area (Å²) in [6, 6.07) is 57.9. The van der Waals surface area contributed by atoms with Gasteiger partial charge in [0.15, 0.2) is 17.5 Å². The van der Waals surface area contributed by atoms with Gasteiger partial charge in [-0.05, 0) is 50.7 Å². The predicted octanol–water partition coefficient (Wildman–Crippen LogP) is 12.2. The summed E-state index contributed by atoms with van der Waals surface area (Å²) < 4.78 is 1.29. The molecule has 3 nitrogen and oxygen atoms in total. The van der Waals surface area contributed by atoms with Crippen LogP contribution in [-0.2, 0) is 0 Å². The van der Waals surface area contributed by atoms with Crippen LogP contribution in [0.5, 0.6) is 0 Å². The van der Waals surface area contributed by atoms with E-state index in [2.05, 4.69) is 127 Å². The van der Waals surface area contributed by atoms with Gasteiger partial charge in [-0.25, -0.2) is 15.0 Å². The maximum absolute atomic E-state index is 5.09. The molecule has 0 aliphatic heterocycles. The molecule has 0 atom stereocenters. The third-order valence-electron chi connectivity index (χ3n) is 9.53. The Morgan fingerprint density at radius 1 is 0.327 bits per heavy atom. The van der Waals surface area contributed by atoms with E-state index in [-0.39, 0.29) is 0 Å². The van der Waals surface area contributed by atoms with E-state index < -0.39 is 0 Å². The van der Waals surface area contributed by atoms with Crippen LogP contribution in [0.4, 0.5) is 0 Å². The molecule has 0 N–H and O–H groups in total. The third-order valence-corrected chi connectivity index (χ3v) is 10.7. The second-order valence-corrected chi connectivity index (χ2v) is 13.4. The van der Waals surface area contributed by atoms with Gasteiger partial charge in [-0.2, -0.15) is 0 Å². The molecule has 0 fully saturated rings. The molecule has 1 aliphatic carbocycles. The van der Waals surface area contributed by atoms with E-state index in [1.54, 1.807) is 0 Å². The van der Waals surface area contributed by atoms with Crippen molar-refractivity contribution in [1.29, 1.82) is 0 Å². The standard InChI is InChI=1S/C45H27N3S/c1-3-14-28(15-4-1)43-46-44(29-16-5-2-6-17-29)48-45(47-43)38-27-26-37(33-21-9-10-22-34(33)38)42-41-36-23-12-11-20-32(36)30-18-7-8-19-31(30)35-24-13-25-39(49-42)40(35)41/h1-27H. The molecule has 0 saturated heterocycles. The number of hydrogen-bond donors (Lipinski definition) is 0. The molecule has 1 aliphatic rings. The predicted molar refractivity (Wildman–Crippen MR) is 204 cm³/mol. The van der Waals surface area contributed by atoms with Gasteiger partial charge in [0.05, 0.1) is 0 Å². The van der Waals surface area contributed by atoms with Gasteiger partial charge in [0, 0.05) is 42.8 Å². The topological polar surface area (TPSA) is 38.7 Å². The molecule has 9 aromatic rings. The highest BCUT2D eigenvalue weighted by Crippen LogP contribution is 2.55. The van der Waals surface area contributed by atoms with E-state index in [1.807, 2.05) is 47.7 Å². The molecule has 0 spiro atoms. The summed E-state index contributed by atoms with van der Waals surface area (Å²) in [5.74, 6) is 1.98. The van der Waals surface area contributed by atoms with Gasteiger partial charge >= 0.3 is 0 Å². The summed E-state index contributed by atoms with van der Waals surface area (Å²) in [5.41, 5.74) is 11.8. The lowest BCUT2D eigenvalue weighted by Crippen LogP contribution is -2.00. The van der Waals surface area contributed by atoms with E-state index in [0.29, 0.717) is 17.5 Å². The van der Waals surface area contributed by atoms with Gasteiger partial charge in [0.1, 0.15) is 0 Å². The zero-order valence-corrected chi connectivity index (χ0v) is 27.2. The summed E-state index contributed by atoms with van der Waals surface area (Å²) in [5, 5.41) is 3.61. The Hall–Kier alpha value is -6.23. The van der Waals surface area contributed by atoms with Crippen molar-refractivity contribution < 1.29 is 0 Å². The third kappa shape index (κ3) is 4.46. The van der Waals surface area contributed by atoms with Crippen molar-refractivity contribution in [1.82, 2.24) is 15.0 Å². The average molecular weight is 642 g/mol. The molecule has 0 saturated carbocycles. The molecule has 0 amide bonds. The van der Waals surface area contributed by atoms with E-state index in [4.69, 9.17) is 15.0 Å². The molecule has 4 heteroatoms. The molecule has 49 heavy (non-hydrogen) atoms. The average Bonchev–Trinajstić information content (AvgIpc) is 3.52. The van der Waals surface area contributed by atoms with Crippen LogP contribution < -0.4 is 0 Å². The smallest absolute Gasteiger partial charge is 0.164 e. The number of aromatic nitrogens is 3. The molecule has 0 bridgehead atoms. The highest BCUT2D eigenvalue weighted by atomic mass is 32.1. The second kappa shape index (κ2) is 11.2. The Bertz CT molecular complexity index is 2650. The van der Waals surface area contributed by atoms with Crippen LogP contribution in [0.15, 0.2) is 164 Å².